The predicted molar refractivity (Wildman–Crippen MR) is 243 cm³/mol. The average molecular weight is 807 g/mol. The molecule has 0 aliphatic rings. The predicted octanol–water partition coefficient (Wildman–Crippen LogP) is 16.4. The maximum atomic E-state index is 12.8. The van der Waals surface area contributed by atoms with Gasteiger partial charge in [0.2, 0.25) is 0 Å². The van der Waals surface area contributed by atoms with E-state index >= 15 is 0 Å². The van der Waals surface area contributed by atoms with Crippen molar-refractivity contribution in [2.45, 2.75) is 297 Å². The second-order valence-corrected chi connectivity index (χ2v) is 17.5. The van der Waals surface area contributed by atoms with Crippen molar-refractivity contribution in [1.82, 2.24) is 0 Å². The van der Waals surface area contributed by atoms with Gasteiger partial charge in [0.05, 0.1) is 0 Å². The maximum Gasteiger partial charge on any atom is 0.306 e. The van der Waals surface area contributed by atoms with Gasteiger partial charge in [-0.25, -0.2) is 0 Å². The van der Waals surface area contributed by atoms with E-state index in [1.165, 1.54) is 193 Å². The molecular weight excluding hydrogens is 709 g/mol. The molecule has 0 aromatic carbocycles. The van der Waals surface area contributed by atoms with E-state index < -0.39 is 6.10 Å². The van der Waals surface area contributed by atoms with E-state index in [0.29, 0.717) is 19.3 Å². The molecule has 1 atom stereocenters. The van der Waals surface area contributed by atoms with Crippen molar-refractivity contribution in [2.24, 2.45) is 0 Å². The zero-order valence-corrected chi connectivity index (χ0v) is 38.6. The van der Waals surface area contributed by atoms with Gasteiger partial charge in [-0.3, -0.25) is 14.4 Å². The number of esters is 3. The van der Waals surface area contributed by atoms with Crippen molar-refractivity contribution in [3.05, 3.63) is 0 Å². The lowest BCUT2D eigenvalue weighted by atomic mass is 10.0. The summed E-state index contributed by atoms with van der Waals surface area (Å²) in [5.74, 6) is -0.847. The van der Waals surface area contributed by atoms with Gasteiger partial charge in [-0.05, 0) is 19.3 Å². The van der Waals surface area contributed by atoms with Crippen LogP contribution < -0.4 is 0 Å². The van der Waals surface area contributed by atoms with Gasteiger partial charge in [-0.1, -0.05) is 252 Å². The van der Waals surface area contributed by atoms with E-state index in [1.54, 1.807) is 0 Å². The Labute approximate surface area is 355 Å². The van der Waals surface area contributed by atoms with Gasteiger partial charge < -0.3 is 14.2 Å². The summed E-state index contributed by atoms with van der Waals surface area (Å²) in [5, 5.41) is 0. The number of carbonyl (C=O) groups is 3. The fourth-order valence-electron chi connectivity index (χ4n) is 7.74. The third kappa shape index (κ3) is 45.3. The lowest BCUT2D eigenvalue weighted by Gasteiger charge is -2.18. The van der Waals surface area contributed by atoms with Gasteiger partial charge in [0.25, 0.3) is 0 Å². The van der Waals surface area contributed by atoms with Crippen LogP contribution in [0.15, 0.2) is 0 Å². The van der Waals surface area contributed by atoms with Crippen molar-refractivity contribution in [3.63, 3.8) is 0 Å². The van der Waals surface area contributed by atoms with E-state index in [9.17, 15) is 14.4 Å². The van der Waals surface area contributed by atoms with Crippen molar-refractivity contribution in [3.8, 4) is 0 Å². The quantitative estimate of drug-likeness (QED) is 0.0346. The first-order valence-corrected chi connectivity index (χ1v) is 25.5. The molecule has 0 fully saturated rings. The molecule has 6 nitrogen and oxygen atoms in total. The van der Waals surface area contributed by atoms with Crippen LogP contribution in [-0.2, 0) is 28.6 Å². The first-order chi connectivity index (χ1) is 28.0. The monoisotopic (exact) mass is 807 g/mol. The molecule has 338 valence electrons. The molecule has 0 aromatic heterocycles. The zero-order valence-electron chi connectivity index (χ0n) is 38.6. The van der Waals surface area contributed by atoms with E-state index in [0.717, 1.165) is 57.8 Å². The molecular formula is C51H98O6. The molecule has 0 heterocycles. The fourth-order valence-corrected chi connectivity index (χ4v) is 7.74. The minimum Gasteiger partial charge on any atom is -0.462 e. The summed E-state index contributed by atoms with van der Waals surface area (Å²) in [6, 6.07) is 0. The molecule has 0 aromatic rings. The van der Waals surface area contributed by atoms with E-state index in [2.05, 4.69) is 20.8 Å². The molecule has 0 saturated carbocycles. The van der Waals surface area contributed by atoms with Crippen molar-refractivity contribution in [2.75, 3.05) is 13.2 Å². The Morgan fingerprint density at radius 1 is 0.281 bits per heavy atom. The van der Waals surface area contributed by atoms with Gasteiger partial charge >= 0.3 is 17.9 Å². The van der Waals surface area contributed by atoms with E-state index in [1.807, 2.05) is 0 Å². The van der Waals surface area contributed by atoms with Crippen LogP contribution in [-0.4, -0.2) is 37.2 Å². The number of carbonyl (C=O) groups excluding carboxylic acids is 3. The number of hydrogen-bond donors (Lipinski definition) is 0. The Balaban J connectivity index is 4.21. The van der Waals surface area contributed by atoms with Crippen molar-refractivity contribution in [1.29, 1.82) is 0 Å². The largest absolute Gasteiger partial charge is 0.462 e. The topological polar surface area (TPSA) is 78.9 Å². The third-order valence-corrected chi connectivity index (χ3v) is 11.6. The minimum atomic E-state index is -0.758. The summed E-state index contributed by atoms with van der Waals surface area (Å²) < 4.78 is 16.8. The number of rotatable bonds is 47. The molecule has 0 spiro atoms. The van der Waals surface area contributed by atoms with Crippen molar-refractivity contribution >= 4 is 17.9 Å². The highest BCUT2D eigenvalue weighted by Gasteiger charge is 2.19. The number of ether oxygens (including phenoxy) is 3. The summed E-state index contributed by atoms with van der Waals surface area (Å²) >= 11 is 0. The normalized spacial score (nSPS) is 11.8. The van der Waals surface area contributed by atoms with Crippen LogP contribution >= 0.6 is 0 Å². The van der Waals surface area contributed by atoms with Gasteiger partial charge in [0.1, 0.15) is 13.2 Å². The van der Waals surface area contributed by atoms with Crippen molar-refractivity contribution < 1.29 is 28.6 Å². The third-order valence-electron chi connectivity index (χ3n) is 11.6. The SMILES string of the molecule is CCCCCCCCCCCCCCCCCCCCCC(=O)O[C@@H](COC(=O)CCCCCCCCCCC)COC(=O)CCCCCCCCCCCCC. The standard InChI is InChI=1S/C51H98O6/c1-4-7-10-13-16-19-21-22-23-24-25-26-27-28-30-33-36-39-42-45-51(54)57-48(46-55-49(52)43-40-37-34-31-18-15-12-9-6-3)47-56-50(53)44-41-38-35-32-29-20-17-14-11-8-5-2/h48H,4-47H2,1-3H3/t48-/m0/s1. The Hall–Kier alpha value is -1.59. The molecule has 6 heteroatoms. The molecule has 0 aliphatic carbocycles. The van der Waals surface area contributed by atoms with Gasteiger partial charge in [-0.2, -0.15) is 0 Å². The molecule has 0 N–H and O–H groups in total. The van der Waals surface area contributed by atoms with Crippen LogP contribution in [0.1, 0.15) is 290 Å². The highest BCUT2D eigenvalue weighted by Crippen LogP contribution is 2.17. The highest BCUT2D eigenvalue weighted by molar-refractivity contribution is 5.71. The maximum absolute atomic E-state index is 12.8. The second-order valence-electron chi connectivity index (χ2n) is 17.5. The lowest BCUT2D eigenvalue weighted by molar-refractivity contribution is -0.167. The Bertz CT molecular complexity index is 844. The summed E-state index contributed by atoms with van der Waals surface area (Å²) in [4.78, 5) is 37.8. The second kappa shape index (κ2) is 47.1. The Kier molecular flexibility index (Phi) is 45.8. The summed E-state index contributed by atoms with van der Waals surface area (Å²) in [6.07, 6.45) is 49.5. The molecule has 0 bridgehead atoms. The Morgan fingerprint density at radius 3 is 0.702 bits per heavy atom. The average Bonchev–Trinajstić information content (AvgIpc) is 3.21. The molecule has 57 heavy (non-hydrogen) atoms. The molecule has 0 aliphatic heterocycles. The van der Waals surface area contributed by atoms with Gasteiger partial charge in [-0.15, -0.1) is 0 Å². The number of hydrogen-bond acceptors (Lipinski definition) is 6. The van der Waals surface area contributed by atoms with Crippen LogP contribution in [0.2, 0.25) is 0 Å². The van der Waals surface area contributed by atoms with Crippen LogP contribution in [0, 0.1) is 0 Å². The van der Waals surface area contributed by atoms with Crippen LogP contribution in [0.25, 0.3) is 0 Å². The minimum absolute atomic E-state index is 0.0624. The summed E-state index contributed by atoms with van der Waals surface area (Å²) in [6.45, 7) is 6.65. The first-order valence-electron chi connectivity index (χ1n) is 25.5. The molecule has 0 radical (unpaired) electrons. The summed E-state index contributed by atoms with van der Waals surface area (Å²) in [5.41, 5.74) is 0. The zero-order chi connectivity index (χ0) is 41.5. The summed E-state index contributed by atoms with van der Waals surface area (Å²) in [7, 11) is 0. The smallest absolute Gasteiger partial charge is 0.306 e. The molecule has 0 rings (SSSR count). The molecule has 0 unspecified atom stereocenters. The highest BCUT2D eigenvalue weighted by atomic mass is 16.6. The lowest BCUT2D eigenvalue weighted by Crippen LogP contribution is -2.30. The van der Waals surface area contributed by atoms with E-state index in [-0.39, 0.29) is 31.1 Å². The molecule has 0 amide bonds. The van der Waals surface area contributed by atoms with Crippen LogP contribution in [0.4, 0.5) is 0 Å². The van der Waals surface area contributed by atoms with Crippen LogP contribution in [0.5, 0.6) is 0 Å². The van der Waals surface area contributed by atoms with Crippen LogP contribution in [0.3, 0.4) is 0 Å². The van der Waals surface area contributed by atoms with Gasteiger partial charge in [0.15, 0.2) is 6.10 Å². The number of unbranched alkanes of at least 4 members (excludes halogenated alkanes) is 36. The first kappa shape index (κ1) is 55.4. The fraction of sp³-hybridized carbons (Fsp3) is 0.941. The Morgan fingerprint density at radius 2 is 0.474 bits per heavy atom. The molecule has 0 saturated heterocycles. The van der Waals surface area contributed by atoms with Gasteiger partial charge in [0, 0.05) is 19.3 Å². The van der Waals surface area contributed by atoms with E-state index in [4.69, 9.17) is 14.2 Å².